The first-order valence-corrected chi connectivity index (χ1v) is 5.90. The number of ether oxygens (including phenoxy) is 2. The minimum absolute atomic E-state index is 0.226. The third-order valence-corrected chi connectivity index (χ3v) is 2.53. The number of carbonyl (C=O) groups is 1. The standard InChI is InChI=1S/C10H16N2O3S/c1-7(2)15-5-4-11-10-12-8(6-16-10)9(13)14-3/h6-7H,4-5H2,1-3H3,(H,11,12). The third kappa shape index (κ3) is 4.16. The van der Waals surface area contributed by atoms with Crippen molar-refractivity contribution in [3.63, 3.8) is 0 Å². The smallest absolute Gasteiger partial charge is 0.357 e. The molecule has 1 heterocycles. The number of nitrogens with zero attached hydrogens (tertiary/aromatic N) is 1. The van der Waals surface area contributed by atoms with Gasteiger partial charge in [0.15, 0.2) is 10.8 Å². The zero-order chi connectivity index (χ0) is 12.0. The molecule has 0 saturated carbocycles. The van der Waals surface area contributed by atoms with Crippen LogP contribution >= 0.6 is 11.3 Å². The fourth-order valence-electron chi connectivity index (χ4n) is 1.01. The number of carbonyl (C=O) groups excluding carboxylic acids is 1. The van der Waals surface area contributed by atoms with E-state index in [2.05, 4.69) is 15.0 Å². The Labute approximate surface area is 98.8 Å². The fourth-order valence-corrected chi connectivity index (χ4v) is 1.71. The minimum Gasteiger partial charge on any atom is -0.464 e. The van der Waals surface area contributed by atoms with Crippen LogP contribution < -0.4 is 5.32 Å². The lowest BCUT2D eigenvalue weighted by Crippen LogP contribution is -2.13. The van der Waals surface area contributed by atoms with Gasteiger partial charge in [0.25, 0.3) is 0 Å². The molecular formula is C10H16N2O3S. The Hall–Kier alpha value is -1.14. The summed E-state index contributed by atoms with van der Waals surface area (Å²) < 4.78 is 9.92. The molecule has 0 amide bonds. The lowest BCUT2D eigenvalue weighted by molar-refractivity contribution is 0.0595. The van der Waals surface area contributed by atoms with Gasteiger partial charge in [0, 0.05) is 11.9 Å². The van der Waals surface area contributed by atoms with Gasteiger partial charge in [0.05, 0.1) is 19.8 Å². The monoisotopic (exact) mass is 244 g/mol. The first kappa shape index (κ1) is 12.9. The topological polar surface area (TPSA) is 60.5 Å². The third-order valence-electron chi connectivity index (χ3n) is 1.73. The first-order chi connectivity index (χ1) is 7.63. The summed E-state index contributed by atoms with van der Waals surface area (Å²) >= 11 is 1.37. The normalized spacial score (nSPS) is 10.5. The Balaban J connectivity index is 2.32. The van der Waals surface area contributed by atoms with Crippen LogP contribution in [0.2, 0.25) is 0 Å². The maximum absolute atomic E-state index is 11.1. The molecule has 0 unspecified atom stereocenters. The summed E-state index contributed by atoms with van der Waals surface area (Å²) in [6.07, 6.45) is 0.226. The van der Waals surface area contributed by atoms with E-state index in [0.29, 0.717) is 24.0 Å². The Bertz CT molecular complexity index is 339. The Morgan fingerprint density at radius 2 is 2.38 bits per heavy atom. The molecular weight excluding hydrogens is 228 g/mol. The summed E-state index contributed by atoms with van der Waals surface area (Å²) in [5.41, 5.74) is 0.333. The highest BCUT2D eigenvalue weighted by molar-refractivity contribution is 7.13. The van der Waals surface area contributed by atoms with E-state index in [1.165, 1.54) is 18.4 Å². The molecule has 1 aromatic rings. The van der Waals surface area contributed by atoms with Crippen LogP contribution in [0.25, 0.3) is 0 Å². The van der Waals surface area contributed by atoms with Crippen molar-refractivity contribution in [2.75, 3.05) is 25.6 Å². The van der Waals surface area contributed by atoms with Gasteiger partial charge in [-0.3, -0.25) is 0 Å². The van der Waals surface area contributed by atoms with Crippen LogP contribution in [0.15, 0.2) is 5.38 Å². The van der Waals surface area contributed by atoms with E-state index in [4.69, 9.17) is 4.74 Å². The predicted octanol–water partition coefficient (Wildman–Crippen LogP) is 1.77. The van der Waals surface area contributed by atoms with Gasteiger partial charge in [0.2, 0.25) is 0 Å². The number of anilines is 1. The quantitative estimate of drug-likeness (QED) is 0.610. The van der Waals surface area contributed by atoms with Gasteiger partial charge < -0.3 is 14.8 Å². The number of nitrogens with one attached hydrogen (secondary N) is 1. The Kier molecular flexibility index (Phi) is 5.21. The summed E-state index contributed by atoms with van der Waals surface area (Å²) in [4.78, 5) is 15.2. The maximum atomic E-state index is 11.1. The molecule has 0 atom stereocenters. The molecule has 0 aliphatic heterocycles. The average molecular weight is 244 g/mol. The lowest BCUT2D eigenvalue weighted by atomic mass is 10.5. The van der Waals surface area contributed by atoms with Crippen molar-refractivity contribution >= 4 is 22.4 Å². The zero-order valence-corrected chi connectivity index (χ0v) is 10.5. The molecule has 6 heteroatoms. The average Bonchev–Trinajstić information content (AvgIpc) is 2.71. The van der Waals surface area contributed by atoms with Crippen molar-refractivity contribution in [2.45, 2.75) is 20.0 Å². The van der Waals surface area contributed by atoms with Crippen LogP contribution in [0.3, 0.4) is 0 Å². The first-order valence-electron chi connectivity index (χ1n) is 5.02. The molecule has 1 rings (SSSR count). The summed E-state index contributed by atoms with van der Waals surface area (Å²) in [7, 11) is 1.34. The van der Waals surface area contributed by atoms with E-state index in [9.17, 15) is 4.79 Å². The second-order valence-electron chi connectivity index (χ2n) is 3.38. The molecule has 0 aliphatic carbocycles. The molecule has 16 heavy (non-hydrogen) atoms. The molecule has 90 valence electrons. The molecule has 0 radical (unpaired) electrons. The van der Waals surface area contributed by atoms with Gasteiger partial charge >= 0.3 is 5.97 Å². The van der Waals surface area contributed by atoms with Gasteiger partial charge in [-0.1, -0.05) is 0 Å². The van der Waals surface area contributed by atoms with E-state index in [1.54, 1.807) is 5.38 Å². The number of thiazole rings is 1. The highest BCUT2D eigenvalue weighted by Crippen LogP contribution is 2.15. The Morgan fingerprint density at radius 3 is 3.00 bits per heavy atom. The molecule has 1 aromatic heterocycles. The van der Waals surface area contributed by atoms with Crippen molar-refractivity contribution in [3.05, 3.63) is 11.1 Å². The number of methoxy groups -OCH3 is 1. The highest BCUT2D eigenvalue weighted by atomic mass is 32.1. The zero-order valence-electron chi connectivity index (χ0n) is 9.65. The number of hydrogen-bond acceptors (Lipinski definition) is 6. The molecule has 5 nitrogen and oxygen atoms in total. The van der Waals surface area contributed by atoms with E-state index >= 15 is 0 Å². The maximum Gasteiger partial charge on any atom is 0.357 e. The van der Waals surface area contributed by atoms with Gasteiger partial charge in [-0.15, -0.1) is 11.3 Å². The summed E-state index contributed by atoms with van der Waals surface area (Å²) in [5.74, 6) is -0.414. The van der Waals surface area contributed by atoms with Crippen molar-refractivity contribution in [1.82, 2.24) is 4.98 Å². The van der Waals surface area contributed by atoms with Gasteiger partial charge in [-0.05, 0) is 13.8 Å². The molecule has 1 N–H and O–H groups in total. The van der Waals surface area contributed by atoms with Crippen LogP contribution in [-0.2, 0) is 9.47 Å². The highest BCUT2D eigenvalue weighted by Gasteiger charge is 2.09. The van der Waals surface area contributed by atoms with Crippen LogP contribution in [0.5, 0.6) is 0 Å². The second-order valence-corrected chi connectivity index (χ2v) is 4.23. The molecule has 0 aromatic carbocycles. The number of hydrogen-bond donors (Lipinski definition) is 1. The molecule has 0 aliphatic rings. The van der Waals surface area contributed by atoms with E-state index in [0.717, 1.165) is 0 Å². The fraction of sp³-hybridized carbons (Fsp3) is 0.600. The second kappa shape index (κ2) is 6.44. The van der Waals surface area contributed by atoms with E-state index < -0.39 is 5.97 Å². The predicted molar refractivity (Wildman–Crippen MR) is 63.0 cm³/mol. The lowest BCUT2D eigenvalue weighted by Gasteiger charge is -2.07. The summed E-state index contributed by atoms with van der Waals surface area (Å²) in [6, 6.07) is 0. The van der Waals surface area contributed by atoms with Gasteiger partial charge in [0.1, 0.15) is 0 Å². The van der Waals surface area contributed by atoms with Gasteiger partial charge in [-0.2, -0.15) is 0 Å². The molecule has 0 spiro atoms. The van der Waals surface area contributed by atoms with Crippen molar-refractivity contribution < 1.29 is 14.3 Å². The molecule has 0 bridgehead atoms. The minimum atomic E-state index is -0.414. The largest absolute Gasteiger partial charge is 0.464 e. The van der Waals surface area contributed by atoms with Crippen LogP contribution in [-0.4, -0.2) is 37.3 Å². The van der Waals surface area contributed by atoms with E-state index in [-0.39, 0.29) is 6.10 Å². The molecule has 0 fully saturated rings. The van der Waals surface area contributed by atoms with Crippen LogP contribution in [0.4, 0.5) is 5.13 Å². The summed E-state index contributed by atoms with van der Waals surface area (Å²) in [5, 5.41) is 5.44. The SMILES string of the molecule is COC(=O)c1csc(NCCOC(C)C)n1. The number of rotatable bonds is 6. The number of aromatic nitrogens is 1. The van der Waals surface area contributed by atoms with Crippen molar-refractivity contribution in [1.29, 1.82) is 0 Å². The van der Waals surface area contributed by atoms with E-state index in [1.807, 2.05) is 13.8 Å². The Morgan fingerprint density at radius 1 is 1.62 bits per heavy atom. The van der Waals surface area contributed by atoms with Crippen LogP contribution in [0, 0.1) is 0 Å². The summed E-state index contributed by atoms with van der Waals surface area (Å²) in [6.45, 7) is 5.26. The van der Waals surface area contributed by atoms with Crippen LogP contribution in [0.1, 0.15) is 24.3 Å². The van der Waals surface area contributed by atoms with Crippen molar-refractivity contribution in [3.8, 4) is 0 Å². The van der Waals surface area contributed by atoms with Crippen molar-refractivity contribution in [2.24, 2.45) is 0 Å². The number of esters is 1. The molecule has 0 saturated heterocycles. The van der Waals surface area contributed by atoms with Gasteiger partial charge in [-0.25, -0.2) is 9.78 Å².